The summed E-state index contributed by atoms with van der Waals surface area (Å²) in [7, 11) is 1.64. The number of aliphatic imine (C=N–C) groups is 1. The molecule has 0 unspecified atom stereocenters. The number of hydrogen-bond acceptors (Lipinski definition) is 5. The van der Waals surface area contributed by atoms with Gasteiger partial charge in [-0.15, -0.1) is 24.0 Å². The third-order valence-corrected chi connectivity index (χ3v) is 4.97. The number of ether oxygens (including phenoxy) is 3. The van der Waals surface area contributed by atoms with Crippen LogP contribution in [0.15, 0.2) is 47.6 Å². The molecule has 8 heteroatoms. The Morgan fingerprint density at radius 3 is 2.39 bits per heavy atom. The maximum Gasteiger partial charge on any atom is 0.219 e. The third kappa shape index (κ3) is 7.84. The molecule has 2 aromatic rings. The molecule has 170 valence electrons. The van der Waals surface area contributed by atoms with Crippen LogP contribution in [0.25, 0.3) is 0 Å². The van der Waals surface area contributed by atoms with Gasteiger partial charge >= 0.3 is 0 Å². The van der Waals surface area contributed by atoms with E-state index < -0.39 is 0 Å². The molecular weight excluding hydrogens is 507 g/mol. The van der Waals surface area contributed by atoms with Gasteiger partial charge in [0.2, 0.25) is 5.88 Å². The average Bonchev–Trinajstić information content (AvgIpc) is 2.79. The van der Waals surface area contributed by atoms with Crippen molar-refractivity contribution in [2.75, 3.05) is 33.4 Å². The first-order valence-corrected chi connectivity index (χ1v) is 10.6. The van der Waals surface area contributed by atoms with Gasteiger partial charge in [-0.05, 0) is 56.5 Å². The van der Waals surface area contributed by atoms with Crippen LogP contribution in [0.3, 0.4) is 0 Å². The SMILES string of the molecule is CCNC(=NCc1ccc(Oc2ccc(OC)cc2)nc1)N1CCC(OCC)CC1.I. The van der Waals surface area contributed by atoms with Crippen LogP contribution in [0.1, 0.15) is 32.3 Å². The number of nitrogens with zero attached hydrogens (tertiary/aromatic N) is 3. The Hall–Kier alpha value is -2.07. The largest absolute Gasteiger partial charge is 0.497 e. The normalized spacial score (nSPS) is 14.7. The maximum atomic E-state index is 5.79. The number of nitrogens with one attached hydrogen (secondary N) is 1. The summed E-state index contributed by atoms with van der Waals surface area (Å²) in [4.78, 5) is 11.5. The van der Waals surface area contributed by atoms with E-state index in [-0.39, 0.29) is 24.0 Å². The van der Waals surface area contributed by atoms with Crippen LogP contribution < -0.4 is 14.8 Å². The van der Waals surface area contributed by atoms with Crippen molar-refractivity contribution in [2.45, 2.75) is 39.3 Å². The first-order valence-electron chi connectivity index (χ1n) is 10.6. The summed E-state index contributed by atoms with van der Waals surface area (Å²) < 4.78 is 16.7. The molecule has 1 N–H and O–H groups in total. The van der Waals surface area contributed by atoms with Crippen LogP contribution in [-0.4, -0.2) is 55.3 Å². The average molecular weight is 540 g/mol. The molecule has 2 heterocycles. The number of benzene rings is 1. The first kappa shape index (κ1) is 25.2. The highest BCUT2D eigenvalue weighted by atomic mass is 127. The van der Waals surface area contributed by atoms with Gasteiger partial charge in [-0.3, -0.25) is 0 Å². The molecule has 0 radical (unpaired) electrons. The highest BCUT2D eigenvalue weighted by Gasteiger charge is 2.21. The minimum Gasteiger partial charge on any atom is -0.497 e. The lowest BCUT2D eigenvalue weighted by Gasteiger charge is -2.34. The van der Waals surface area contributed by atoms with Crippen molar-refractivity contribution in [3.63, 3.8) is 0 Å². The molecule has 1 saturated heterocycles. The number of guanidine groups is 1. The van der Waals surface area contributed by atoms with Crippen LogP contribution in [0.2, 0.25) is 0 Å². The van der Waals surface area contributed by atoms with Gasteiger partial charge in [0.1, 0.15) is 11.5 Å². The molecule has 0 spiro atoms. The number of pyridine rings is 1. The van der Waals surface area contributed by atoms with E-state index in [9.17, 15) is 0 Å². The molecule has 7 nitrogen and oxygen atoms in total. The van der Waals surface area contributed by atoms with Crippen molar-refractivity contribution in [1.29, 1.82) is 0 Å². The van der Waals surface area contributed by atoms with E-state index in [0.717, 1.165) is 62.1 Å². The van der Waals surface area contributed by atoms with Crippen molar-refractivity contribution < 1.29 is 14.2 Å². The summed E-state index contributed by atoms with van der Waals surface area (Å²) in [5.41, 5.74) is 1.04. The topological polar surface area (TPSA) is 68.2 Å². The van der Waals surface area contributed by atoms with Crippen molar-refractivity contribution >= 4 is 29.9 Å². The molecule has 0 saturated carbocycles. The highest BCUT2D eigenvalue weighted by Crippen LogP contribution is 2.22. The summed E-state index contributed by atoms with van der Waals surface area (Å²) >= 11 is 0. The van der Waals surface area contributed by atoms with Crippen LogP contribution in [0.5, 0.6) is 17.4 Å². The van der Waals surface area contributed by atoms with Crippen LogP contribution in [0, 0.1) is 0 Å². The smallest absolute Gasteiger partial charge is 0.219 e. The Balaban J connectivity index is 0.00000341. The molecule has 1 aliphatic heterocycles. The molecular formula is C23H33IN4O3. The summed E-state index contributed by atoms with van der Waals surface area (Å²) in [5, 5.41) is 3.40. The van der Waals surface area contributed by atoms with Gasteiger partial charge in [0.05, 0.1) is 19.8 Å². The Morgan fingerprint density at radius 1 is 1.10 bits per heavy atom. The number of likely N-dealkylation sites (tertiary alicyclic amines) is 1. The molecule has 1 aromatic heterocycles. The number of halogens is 1. The lowest BCUT2D eigenvalue weighted by Crippen LogP contribution is -2.47. The quantitative estimate of drug-likeness (QED) is 0.303. The summed E-state index contributed by atoms with van der Waals surface area (Å²) in [5.74, 6) is 3.02. The second-order valence-electron chi connectivity index (χ2n) is 7.09. The standard InChI is InChI=1S/C23H32N4O3.HI/c1-4-24-23(27-14-12-20(13-15-27)29-5-2)26-17-18-6-11-22(25-16-18)30-21-9-7-19(28-3)8-10-21;/h6-11,16,20H,4-5,12-15,17H2,1-3H3,(H,24,26);1H. The molecule has 1 fully saturated rings. The molecule has 3 rings (SSSR count). The summed E-state index contributed by atoms with van der Waals surface area (Å²) in [6.45, 7) is 8.27. The molecule has 0 bridgehead atoms. The molecule has 0 amide bonds. The van der Waals surface area contributed by atoms with Gasteiger partial charge in [-0.2, -0.15) is 0 Å². The Kier molecular flexibility index (Phi) is 10.9. The molecule has 31 heavy (non-hydrogen) atoms. The van der Waals surface area contributed by atoms with Gasteiger partial charge in [-0.25, -0.2) is 9.98 Å². The number of hydrogen-bond donors (Lipinski definition) is 1. The van der Waals surface area contributed by atoms with E-state index in [2.05, 4.69) is 29.0 Å². The minimum absolute atomic E-state index is 0. The van der Waals surface area contributed by atoms with Crippen LogP contribution in [-0.2, 0) is 11.3 Å². The number of aromatic nitrogens is 1. The maximum absolute atomic E-state index is 5.79. The summed E-state index contributed by atoms with van der Waals surface area (Å²) in [6.07, 6.45) is 4.26. The van der Waals surface area contributed by atoms with E-state index in [1.54, 1.807) is 7.11 Å². The van der Waals surface area contributed by atoms with Gasteiger partial charge < -0.3 is 24.4 Å². The van der Waals surface area contributed by atoms with E-state index in [1.807, 2.05) is 42.6 Å². The second kappa shape index (κ2) is 13.4. The summed E-state index contributed by atoms with van der Waals surface area (Å²) in [6, 6.07) is 11.3. The Bertz CT molecular complexity index is 791. The fraction of sp³-hybridized carbons (Fsp3) is 0.478. The van der Waals surface area contributed by atoms with Crippen LogP contribution >= 0.6 is 24.0 Å². The third-order valence-electron chi connectivity index (χ3n) is 4.97. The zero-order valence-electron chi connectivity index (χ0n) is 18.5. The Labute approximate surface area is 202 Å². The number of piperidine rings is 1. The fourth-order valence-corrected chi connectivity index (χ4v) is 3.39. The zero-order valence-corrected chi connectivity index (χ0v) is 20.9. The molecule has 0 aliphatic carbocycles. The zero-order chi connectivity index (χ0) is 21.2. The molecule has 1 aliphatic rings. The van der Waals surface area contributed by atoms with Crippen LogP contribution in [0.4, 0.5) is 0 Å². The van der Waals surface area contributed by atoms with Gasteiger partial charge in [0.25, 0.3) is 0 Å². The van der Waals surface area contributed by atoms with E-state index >= 15 is 0 Å². The fourth-order valence-electron chi connectivity index (χ4n) is 3.39. The minimum atomic E-state index is 0. The van der Waals surface area contributed by atoms with E-state index in [4.69, 9.17) is 19.2 Å². The lowest BCUT2D eigenvalue weighted by molar-refractivity contribution is 0.0263. The predicted octanol–water partition coefficient (Wildman–Crippen LogP) is 4.47. The van der Waals surface area contributed by atoms with Gasteiger partial charge in [-0.1, -0.05) is 6.07 Å². The van der Waals surface area contributed by atoms with Crippen molar-refractivity contribution in [2.24, 2.45) is 4.99 Å². The molecule has 1 aromatic carbocycles. The highest BCUT2D eigenvalue weighted by molar-refractivity contribution is 14.0. The monoisotopic (exact) mass is 540 g/mol. The van der Waals surface area contributed by atoms with Gasteiger partial charge in [0, 0.05) is 38.5 Å². The van der Waals surface area contributed by atoms with Gasteiger partial charge in [0.15, 0.2) is 5.96 Å². The van der Waals surface area contributed by atoms with E-state index in [1.165, 1.54) is 0 Å². The van der Waals surface area contributed by atoms with E-state index in [0.29, 0.717) is 18.5 Å². The lowest BCUT2D eigenvalue weighted by atomic mass is 10.1. The van der Waals surface area contributed by atoms with Crippen molar-refractivity contribution in [3.8, 4) is 17.4 Å². The number of methoxy groups -OCH3 is 1. The predicted molar refractivity (Wildman–Crippen MR) is 134 cm³/mol. The molecule has 0 atom stereocenters. The number of rotatable bonds is 8. The van der Waals surface area contributed by atoms with Crippen molar-refractivity contribution in [1.82, 2.24) is 15.2 Å². The second-order valence-corrected chi connectivity index (χ2v) is 7.09. The Morgan fingerprint density at radius 2 is 1.81 bits per heavy atom. The van der Waals surface area contributed by atoms with Crippen molar-refractivity contribution in [3.05, 3.63) is 48.2 Å². The first-order chi connectivity index (χ1) is 14.7.